The molecular formula is C18H14ClF3N2O2. The Morgan fingerprint density at radius 1 is 1.04 bits per heavy atom. The van der Waals surface area contributed by atoms with Crippen molar-refractivity contribution in [1.29, 1.82) is 0 Å². The van der Waals surface area contributed by atoms with E-state index >= 15 is 0 Å². The number of para-hydroxylation sites is 1. The molecule has 1 heterocycles. The van der Waals surface area contributed by atoms with Gasteiger partial charge in [0.15, 0.2) is 5.69 Å². The average molecular weight is 383 g/mol. The molecule has 0 saturated carbocycles. The molecule has 0 fully saturated rings. The first-order valence-electron chi connectivity index (χ1n) is 7.56. The number of hydrogen-bond acceptors (Lipinski definition) is 3. The average Bonchev–Trinajstić information content (AvgIpc) is 3.05. The van der Waals surface area contributed by atoms with Crippen LogP contribution >= 0.6 is 11.6 Å². The fraction of sp³-hybridized carbons (Fsp3) is 0.167. The number of rotatable bonds is 5. The van der Waals surface area contributed by atoms with Gasteiger partial charge in [-0.1, -0.05) is 29.8 Å². The highest BCUT2D eigenvalue weighted by Gasteiger charge is 2.35. The number of aromatic nitrogens is 2. The van der Waals surface area contributed by atoms with Crippen LogP contribution in [0.3, 0.4) is 0 Å². The summed E-state index contributed by atoms with van der Waals surface area (Å²) in [6.45, 7) is -0.124. The predicted octanol–water partition coefficient (Wildman–Crippen LogP) is 5.13. The lowest BCUT2D eigenvalue weighted by atomic mass is 10.3. The van der Waals surface area contributed by atoms with Gasteiger partial charge >= 0.3 is 6.18 Å². The van der Waals surface area contributed by atoms with Crippen molar-refractivity contribution in [3.05, 3.63) is 71.0 Å². The summed E-state index contributed by atoms with van der Waals surface area (Å²) in [7, 11) is 1.52. The van der Waals surface area contributed by atoms with E-state index in [1.165, 1.54) is 7.11 Å². The topological polar surface area (TPSA) is 36.3 Å². The Bertz CT molecular complexity index is 909. The van der Waals surface area contributed by atoms with Crippen LogP contribution in [-0.2, 0) is 12.8 Å². The Kier molecular flexibility index (Phi) is 5.08. The quantitative estimate of drug-likeness (QED) is 0.613. The van der Waals surface area contributed by atoms with Crippen molar-refractivity contribution in [1.82, 2.24) is 9.78 Å². The summed E-state index contributed by atoms with van der Waals surface area (Å²) in [6, 6.07) is 14.3. The van der Waals surface area contributed by atoms with E-state index in [0.29, 0.717) is 17.2 Å². The number of halogens is 4. The molecule has 4 nitrogen and oxygen atoms in total. The van der Waals surface area contributed by atoms with Gasteiger partial charge in [0.05, 0.1) is 23.5 Å². The number of ether oxygens (including phenoxy) is 2. The third kappa shape index (κ3) is 3.94. The van der Waals surface area contributed by atoms with Crippen molar-refractivity contribution >= 4 is 11.6 Å². The number of benzene rings is 2. The number of hydrogen-bond donors (Lipinski definition) is 0. The highest BCUT2D eigenvalue weighted by atomic mass is 35.5. The van der Waals surface area contributed by atoms with Crippen molar-refractivity contribution in [2.24, 2.45) is 0 Å². The van der Waals surface area contributed by atoms with Crippen LogP contribution < -0.4 is 9.47 Å². The van der Waals surface area contributed by atoms with E-state index in [0.717, 1.165) is 10.7 Å². The number of alkyl halides is 3. The summed E-state index contributed by atoms with van der Waals surface area (Å²) in [5, 5.41) is 3.95. The normalized spacial score (nSPS) is 11.4. The molecule has 0 bridgehead atoms. The van der Waals surface area contributed by atoms with Crippen LogP contribution in [0.15, 0.2) is 54.6 Å². The maximum Gasteiger partial charge on any atom is 0.435 e. The Hall–Kier alpha value is -2.67. The van der Waals surface area contributed by atoms with Crippen LogP contribution in [0.1, 0.15) is 11.4 Å². The van der Waals surface area contributed by atoms with E-state index in [-0.39, 0.29) is 17.3 Å². The minimum atomic E-state index is -4.57. The van der Waals surface area contributed by atoms with Gasteiger partial charge in [0.25, 0.3) is 0 Å². The standard InChI is InChI=1S/C18H14ClF3N2O2/c1-25-13-5-4-6-14(10-13)26-11-12-9-17(18(20,21)22)23-24(12)16-8-3-2-7-15(16)19/h2-10H,11H2,1H3. The Morgan fingerprint density at radius 2 is 1.77 bits per heavy atom. The van der Waals surface area contributed by atoms with E-state index in [1.807, 2.05) is 0 Å². The largest absolute Gasteiger partial charge is 0.497 e. The van der Waals surface area contributed by atoms with E-state index in [4.69, 9.17) is 21.1 Å². The number of methoxy groups -OCH3 is 1. The zero-order chi connectivity index (χ0) is 18.7. The van der Waals surface area contributed by atoms with Crippen LogP contribution in [0.25, 0.3) is 5.69 Å². The SMILES string of the molecule is COc1cccc(OCc2cc(C(F)(F)F)nn2-c2ccccc2Cl)c1. The zero-order valence-corrected chi connectivity index (χ0v) is 14.4. The minimum absolute atomic E-state index is 0.124. The first-order chi connectivity index (χ1) is 12.4. The molecule has 0 atom stereocenters. The lowest BCUT2D eigenvalue weighted by Crippen LogP contribution is -2.08. The molecule has 0 aliphatic heterocycles. The second-order valence-corrected chi connectivity index (χ2v) is 5.76. The lowest BCUT2D eigenvalue weighted by molar-refractivity contribution is -0.141. The van der Waals surface area contributed by atoms with Crippen molar-refractivity contribution in [2.75, 3.05) is 7.11 Å². The molecule has 136 valence electrons. The smallest absolute Gasteiger partial charge is 0.435 e. The second kappa shape index (κ2) is 7.29. The molecule has 0 radical (unpaired) electrons. The molecule has 0 spiro atoms. The van der Waals surface area contributed by atoms with E-state index < -0.39 is 11.9 Å². The van der Waals surface area contributed by atoms with Crippen molar-refractivity contribution in [2.45, 2.75) is 12.8 Å². The van der Waals surface area contributed by atoms with Crippen LogP contribution in [0, 0.1) is 0 Å². The molecule has 8 heteroatoms. The van der Waals surface area contributed by atoms with E-state index in [1.54, 1.807) is 48.5 Å². The fourth-order valence-corrected chi connectivity index (χ4v) is 2.56. The first-order valence-corrected chi connectivity index (χ1v) is 7.94. The summed E-state index contributed by atoms with van der Waals surface area (Å²) in [5.74, 6) is 1.04. The monoisotopic (exact) mass is 382 g/mol. The highest BCUT2D eigenvalue weighted by Crippen LogP contribution is 2.31. The van der Waals surface area contributed by atoms with Gasteiger partial charge in [0.1, 0.15) is 18.1 Å². The molecule has 0 aliphatic rings. The summed E-state index contributed by atoms with van der Waals surface area (Å²) in [6.07, 6.45) is -4.57. The third-order valence-corrected chi connectivity index (χ3v) is 3.90. The maximum absolute atomic E-state index is 13.1. The van der Waals surface area contributed by atoms with Gasteiger partial charge < -0.3 is 9.47 Å². The molecule has 0 aliphatic carbocycles. The molecule has 0 N–H and O–H groups in total. The first kappa shape index (κ1) is 18.1. The maximum atomic E-state index is 13.1. The highest BCUT2D eigenvalue weighted by molar-refractivity contribution is 6.32. The molecule has 3 rings (SSSR count). The van der Waals surface area contributed by atoms with Gasteiger partial charge in [-0.3, -0.25) is 0 Å². The second-order valence-electron chi connectivity index (χ2n) is 5.35. The lowest BCUT2D eigenvalue weighted by Gasteiger charge is -2.11. The molecule has 1 aromatic heterocycles. The van der Waals surface area contributed by atoms with E-state index in [2.05, 4.69) is 5.10 Å². The van der Waals surface area contributed by atoms with Gasteiger partial charge in [-0.25, -0.2) is 4.68 Å². The van der Waals surface area contributed by atoms with Gasteiger partial charge in [0.2, 0.25) is 0 Å². The molecule has 2 aromatic carbocycles. The van der Waals surface area contributed by atoms with Crippen LogP contribution in [-0.4, -0.2) is 16.9 Å². The molecule has 0 unspecified atom stereocenters. The molecule has 0 saturated heterocycles. The Balaban J connectivity index is 1.94. The Labute approximate surface area is 152 Å². The summed E-state index contributed by atoms with van der Waals surface area (Å²) >= 11 is 6.11. The molecule has 26 heavy (non-hydrogen) atoms. The van der Waals surface area contributed by atoms with Crippen LogP contribution in [0.5, 0.6) is 11.5 Å². The predicted molar refractivity (Wildman–Crippen MR) is 90.9 cm³/mol. The summed E-state index contributed by atoms with van der Waals surface area (Å²) < 4.78 is 51.1. The van der Waals surface area contributed by atoms with Gasteiger partial charge in [-0.05, 0) is 30.3 Å². The zero-order valence-electron chi connectivity index (χ0n) is 13.6. The molecule has 0 amide bonds. The van der Waals surface area contributed by atoms with Crippen molar-refractivity contribution < 1.29 is 22.6 Å². The molecule has 3 aromatic rings. The van der Waals surface area contributed by atoms with Crippen LogP contribution in [0.4, 0.5) is 13.2 Å². The van der Waals surface area contributed by atoms with Crippen LogP contribution in [0.2, 0.25) is 5.02 Å². The fourth-order valence-electron chi connectivity index (χ4n) is 2.34. The van der Waals surface area contributed by atoms with Crippen molar-refractivity contribution in [3.8, 4) is 17.2 Å². The third-order valence-electron chi connectivity index (χ3n) is 3.58. The summed E-state index contributed by atoms with van der Waals surface area (Å²) in [4.78, 5) is 0. The van der Waals surface area contributed by atoms with Gasteiger partial charge in [0, 0.05) is 6.07 Å². The molecular weight excluding hydrogens is 369 g/mol. The van der Waals surface area contributed by atoms with Crippen molar-refractivity contribution in [3.63, 3.8) is 0 Å². The minimum Gasteiger partial charge on any atom is -0.497 e. The van der Waals surface area contributed by atoms with Gasteiger partial charge in [-0.2, -0.15) is 18.3 Å². The van der Waals surface area contributed by atoms with Gasteiger partial charge in [-0.15, -0.1) is 0 Å². The Morgan fingerprint density at radius 3 is 2.46 bits per heavy atom. The van der Waals surface area contributed by atoms with E-state index in [9.17, 15) is 13.2 Å². The summed E-state index contributed by atoms with van der Waals surface area (Å²) in [5.41, 5.74) is -0.455. The number of nitrogens with zero attached hydrogens (tertiary/aromatic N) is 2.